The lowest BCUT2D eigenvalue weighted by Gasteiger charge is -2.10. The number of carbonyl (C=O) groups is 1. The van der Waals surface area contributed by atoms with Gasteiger partial charge < -0.3 is 4.74 Å². The summed E-state index contributed by atoms with van der Waals surface area (Å²) in [5, 5.41) is 11.3. The molecule has 0 bridgehead atoms. The summed E-state index contributed by atoms with van der Waals surface area (Å²) in [7, 11) is 0. The number of benzene rings is 2. The van der Waals surface area contributed by atoms with Gasteiger partial charge in [-0.15, -0.1) is 5.10 Å². The van der Waals surface area contributed by atoms with E-state index in [2.05, 4.69) is 31.5 Å². The molecule has 0 aliphatic carbocycles. The largest absolute Gasteiger partial charge is 0.456 e. The third kappa shape index (κ3) is 4.19. The SMILES string of the molecule is Cc1nnnn1/C(=C\c1ccccc1)C(=O)OCc1ccccc1Br. The minimum absolute atomic E-state index is 0.146. The number of aryl methyl sites for hydroxylation is 1. The predicted molar refractivity (Wildman–Crippen MR) is 97.1 cm³/mol. The molecule has 0 saturated heterocycles. The first kappa shape index (κ1) is 17.0. The average molecular weight is 399 g/mol. The number of halogens is 1. The summed E-state index contributed by atoms with van der Waals surface area (Å²) in [6.07, 6.45) is 1.70. The number of esters is 1. The number of ether oxygens (including phenoxy) is 1. The zero-order valence-electron chi connectivity index (χ0n) is 13.5. The molecule has 0 aliphatic heterocycles. The van der Waals surface area contributed by atoms with Gasteiger partial charge in [-0.25, -0.2) is 4.79 Å². The van der Waals surface area contributed by atoms with E-state index in [9.17, 15) is 4.79 Å². The Morgan fingerprint density at radius 1 is 1.16 bits per heavy atom. The summed E-state index contributed by atoms with van der Waals surface area (Å²) in [5.74, 6) is -0.00460. The van der Waals surface area contributed by atoms with Crippen LogP contribution in [0.15, 0.2) is 59.1 Å². The van der Waals surface area contributed by atoms with Crippen molar-refractivity contribution in [3.8, 4) is 0 Å². The lowest BCUT2D eigenvalue weighted by atomic mass is 10.2. The van der Waals surface area contributed by atoms with Crippen molar-refractivity contribution in [2.75, 3.05) is 0 Å². The molecule has 0 unspecified atom stereocenters. The molecule has 126 valence electrons. The van der Waals surface area contributed by atoms with Gasteiger partial charge in [0.25, 0.3) is 0 Å². The molecule has 6 nitrogen and oxygen atoms in total. The monoisotopic (exact) mass is 398 g/mol. The lowest BCUT2D eigenvalue weighted by Crippen LogP contribution is -2.15. The molecule has 3 rings (SSSR count). The molecule has 2 aromatic carbocycles. The van der Waals surface area contributed by atoms with Crippen LogP contribution in [-0.2, 0) is 16.1 Å². The molecule has 0 amide bonds. The van der Waals surface area contributed by atoms with E-state index in [4.69, 9.17) is 4.74 Å². The van der Waals surface area contributed by atoms with E-state index in [1.165, 1.54) is 4.68 Å². The van der Waals surface area contributed by atoms with Crippen molar-refractivity contribution in [3.05, 3.63) is 76.0 Å². The maximum Gasteiger partial charge on any atom is 0.357 e. The van der Waals surface area contributed by atoms with E-state index in [0.29, 0.717) is 5.82 Å². The van der Waals surface area contributed by atoms with Crippen LogP contribution in [0.4, 0.5) is 0 Å². The zero-order chi connectivity index (χ0) is 17.6. The van der Waals surface area contributed by atoms with Gasteiger partial charge >= 0.3 is 5.97 Å². The number of aromatic nitrogens is 4. The molecule has 0 atom stereocenters. The van der Waals surface area contributed by atoms with Gasteiger partial charge in [-0.3, -0.25) is 0 Å². The summed E-state index contributed by atoms with van der Waals surface area (Å²) in [4.78, 5) is 12.7. The summed E-state index contributed by atoms with van der Waals surface area (Å²) in [5.41, 5.74) is 1.98. The number of hydrogen-bond acceptors (Lipinski definition) is 5. The molecule has 0 radical (unpaired) electrons. The maximum atomic E-state index is 12.7. The van der Waals surface area contributed by atoms with Crippen molar-refractivity contribution < 1.29 is 9.53 Å². The van der Waals surface area contributed by atoms with Gasteiger partial charge in [-0.05, 0) is 35.1 Å². The number of carbonyl (C=O) groups excluding carboxylic acids is 1. The maximum absolute atomic E-state index is 12.7. The fourth-order valence-electron chi connectivity index (χ4n) is 2.20. The third-order valence-electron chi connectivity index (χ3n) is 3.48. The molecule has 25 heavy (non-hydrogen) atoms. The lowest BCUT2D eigenvalue weighted by molar-refractivity contribution is -0.138. The Morgan fingerprint density at radius 2 is 1.88 bits per heavy atom. The number of rotatable bonds is 5. The Hall–Kier alpha value is -2.80. The van der Waals surface area contributed by atoms with Crippen LogP contribution in [0.25, 0.3) is 11.8 Å². The van der Waals surface area contributed by atoms with Gasteiger partial charge in [0.1, 0.15) is 6.61 Å². The summed E-state index contributed by atoms with van der Waals surface area (Å²) < 4.78 is 7.72. The van der Waals surface area contributed by atoms with Crippen LogP contribution in [0.5, 0.6) is 0 Å². The topological polar surface area (TPSA) is 69.9 Å². The number of hydrogen-bond donors (Lipinski definition) is 0. The smallest absolute Gasteiger partial charge is 0.357 e. The highest BCUT2D eigenvalue weighted by Crippen LogP contribution is 2.19. The minimum atomic E-state index is -0.505. The normalized spacial score (nSPS) is 11.4. The molecule has 0 fully saturated rings. The van der Waals surface area contributed by atoms with Crippen molar-refractivity contribution in [3.63, 3.8) is 0 Å². The first-order valence-corrected chi connectivity index (χ1v) is 8.37. The van der Waals surface area contributed by atoms with Crippen molar-refractivity contribution >= 4 is 33.7 Å². The Kier molecular flexibility index (Phi) is 5.35. The highest BCUT2D eigenvalue weighted by atomic mass is 79.9. The Balaban J connectivity index is 1.87. The molecule has 7 heteroatoms. The van der Waals surface area contributed by atoms with Crippen LogP contribution >= 0.6 is 15.9 Å². The van der Waals surface area contributed by atoms with Gasteiger partial charge in [-0.2, -0.15) is 4.68 Å². The van der Waals surface area contributed by atoms with Gasteiger partial charge in [0.15, 0.2) is 11.5 Å². The van der Waals surface area contributed by atoms with Gasteiger partial charge in [0.2, 0.25) is 0 Å². The molecule has 1 aromatic heterocycles. The first-order valence-electron chi connectivity index (χ1n) is 7.58. The van der Waals surface area contributed by atoms with Crippen molar-refractivity contribution in [1.82, 2.24) is 20.2 Å². The third-order valence-corrected chi connectivity index (χ3v) is 4.26. The summed E-state index contributed by atoms with van der Waals surface area (Å²) >= 11 is 3.44. The standard InChI is InChI=1S/C18H15BrN4O2/c1-13-20-21-22-23(13)17(11-14-7-3-2-4-8-14)18(24)25-12-15-9-5-6-10-16(15)19/h2-11H,12H2,1H3/b17-11-. The number of tetrazole rings is 1. The highest BCUT2D eigenvalue weighted by Gasteiger charge is 2.18. The van der Waals surface area contributed by atoms with E-state index in [1.54, 1.807) is 13.0 Å². The Morgan fingerprint density at radius 3 is 2.56 bits per heavy atom. The fourth-order valence-corrected chi connectivity index (χ4v) is 2.60. The molecule has 3 aromatic rings. The van der Waals surface area contributed by atoms with Crippen LogP contribution in [0, 0.1) is 6.92 Å². The molecular formula is C18H15BrN4O2. The second-order valence-corrected chi connectivity index (χ2v) is 6.10. The predicted octanol–water partition coefficient (Wildman–Crippen LogP) is 3.49. The van der Waals surface area contributed by atoms with Crippen molar-refractivity contribution in [1.29, 1.82) is 0 Å². The molecule has 0 N–H and O–H groups in total. The van der Waals surface area contributed by atoms with Crippen LogP contribution in [0.1, 0.15) is 17.0 Å². The Labute approximate surface area is 153 Å². The molecule has 0 spiro atoms. The van der Waals surface area contributed by atoms with Crippen LogP contribution in [-0.4, -0.2) is 26.2 Å². The van der Waals surface area contributed by atoms with E-state index < -0.39 is 5.97 Å². The second-order valence-electron chi connectivity index (χ2n) is 5.25. The molecule has 0 aliphatic rings. The van der Waals surface area contributed by atoms with E-state index in [0.717, 1.165) is 15.6 Å². The van der Waals surface area contributed by atoms with E-state index in [-0.39, 0.29) is 12.3 Å². The van der Waals surface area contributed by atoms with Gasteiger partial charge in [0.05, 0.1) is 0 Å². The average Bonchev–Trinajstić information content (AvgIpc) is 3.05. The van der Waals surface area contributed by atoms with Gasteiger partial charge in [0, 0.05) is 10.0 Å². The van der Waals surface area contributed by atoms with Gasteiger partial charge in [-0.1, -0.05) is 64.5 Å². The van der Waals surface area contributed by atoms with Crippen LogP contribution in [0.2, 0.25) is 0 Å². The molecule has 0 saturated carbocycles. The Bertz CT molecular complexity index is 906. The minimum Gasteiger partial charge on any atom is -0.456 e. The van der Waals surface area contributed by atoms with Crippen LogP contribution in [0.3, 0.4) is 0 Å². The molecule has 1 heterocycles. The number of nitrogens with zero attached hydrogens (tertiary/aromatic N) is 4. The van der Waals surface area contributed by atoms with E-state index >= 15 is 0 Å². The molecular weight excluding hydrogens is 384 g/mol. The first-order chi connectivity index (χ1) is 12.1. The fraction of sp³-hybridized carbons (Fsp3) is 0.111. The van der Waals surface area contributed by atoms with Crippen molar-refractivity contribution in [2.45, 2.75) is 13.5 Å². The quantitative estimate of drug-likeness (QED) is 0.485. The van der Waals surface area contributed by atoms with E-state index in [1.807, 2.05) is 54.6 Å². The summed E-state index contributed by atoms with van der Waals surface area (Å²) in [6, 6.07) is 17.0. The second kappa shape index (κ2) is 7.85. The zero-order valence-corrected chi connectivity index (χ0v) is 15.0. The highest BCUT2D eigenvalue weighted by molar-refractivity contribution is 9.10. The van der Waals surface area contributed by atoms with Crippen LogP contribution < -0.4 is 0 Å². The summed E-state index contributed by atoms with van der Waals surface area (Å²) in [6.45, 7) is 1.87. The van der Waals surface area contributed by atoms with Crippen molar-refractivity contribution in [2.24, 2.45) is 0 Å².